The summed E-state index contributed by atoms with van der Waals surface area (Å²) < 4.78 is 16.9. The number of nitrogen functional groups attached to an aromatic ring is 1. The second-order valence-electron chi connectivity index (χ2n) is 5.14. The van der Waals surface area contributed by atoms with Crippen molar-refractivity contribution in [3.05, 3.63) is 34.3 Å². The molecule has 0 aliphatic carbocycles. The highest BCUT2D eigenvalue weighted by atomic mass is 79.9. The van der Waals surface area contributed by atoms with Gasteiger partial charge in [-0.1, -0.05) is 36.2 Å². The lowest BCUT2D eigenvalue weighted by Crippen LogP contribution is -2.07. The molecule has 1 aromatic heterocycles. The van der Waals surface area contributed by atoms with Crippen LogP contribution in [0.25, 0.3) is 11.3 Å². The van der Waals surface area contributed by atoms with E-state index in [2.05, 4.69) is 34.8 Å². The lowest BCUT2D eigenvalue weighted by Gasteiger charge is -2.08. The van der Waals surface area contributed by atoms with Gasteiger partial charge < -0.3 is 10.3 Å². The third kappa shape index (κ3) is 3.46. The van der Waals surface area contributed by atoms with Crippen LogP contribution in [-0.4, -0.2) is 9.55 Å². The van der Waals surface area contributed by atoms with Gasteiger partial charge in [-0.15, -0.1) is 0 Å². The van der Waals surface area contributed by atoms with Crippen LogP contribution in [-0.2, 0) is 13.0 Å². The Bertz CT molecular complexity index is 622. The number of aryl methyl sites for hydroxylation is 1. The van der Waals surface area contributed by atoms with E-state index in [4.69, 9.17) is 5.73 Å². The van der Waals surface area contributed by atoms with Crippen molar-refractivity contribution >= 4 is 21.7 Å². The molecule has 0 aliphatic heterocycles. The van der Waals surface area contributed by atoms with Crippen LogP contribution in [0.4, 0.5) is 10.2 Å². The zero-order valence-corrected chi connectivity index (χ0v) is 14.1. The van der Waals surface area contributed by atoms with E-state index in [1.54, 1.807) is 6.07 Å². The number of benzene rings is 1. The first kappa shape index (κ1) is 16.0. The minimum atomic E-state index is -0.306. The first-order valence-corrected chi connectivity index (χ1v) is 8.18. The van der Waals surface area contributed by atoms with Gasteiger partial charge in [0.05, 0.1) is 0 Å². The predicted octanol–water partition coefficient (Wildman–Crippen LogP) is 4.79. The van der Waals surface area contributed by atoms with E-state index in [1.165, 1.54) is 6.07 Å². The van der Waals surface area contributed by atoms with Crippen molar-refractivity contribution in [1.82, 2.24) is 9.55 Å². The maximum Gasteiger partial charge on any atom is 0.133 e. The summed E-state index contributed by atoms with van der Waals surface area (Å²) in [6.45, 7) is 5.08. The second-order valence-corrected chi connectivity index (χ2v) is 6.06. The molecule has 0 bridgehead atoms. The van der Waals surface area contributed by atoms with E-state index in [9.17, 15) is 4.39 Å². The molecule has 2 rings (SSSR count). The number of hydrogen-bond donors (Lipinski definition) is 1. The lowest BCUT2D eigenvalue weighted by atomic mass is 10.1. The number of halogens is 2. The molecule has 5 heteroatoms. The molecule has 114 valence electrons. The Hall–Kier alpha value is -1.36. The molecule has 0 amide bonds. The Morgan fingerprint density at radius 2 is 2.05 bits per heavy atom. The summed E-state index contributed by atoms with van der Waals surface area (Å²) in [6.07, 6.45) is 3.97. The number of nitrogens with two attached hydrogens (primary N) is 1. The van der Waals surface area contributed by atoms with Gasteiger partial charge in [0.2, 0.25) is 0 Å². The van der Waals surface area contributed by atoms with E-state index in [0.29, 0.717) is 21.5 Å². The molecule has 0 aliphatic rings. The number of rotatable bonds is 6. The Morgan fingerprint density at radius 1 is 1.29 bits per heavy atom. The summed E-state index contributed by atoms with van der Waals surface area (Å²) in [7, 11) is 0. The summed E-state index contributed by atoms with van der Waals surface area (Å²) in [4.78, 5) is 4.60. The first-order valence-electron chi connectivity index (χ1n) is 7.38. The molecule has 0 atom stereocenters. The van der Waals surface area contributed by atoms with Crippen LogP contribution >= 0.6 is 15.9 Å². The molecule has 2 aromatic rings. The van der Waals surface area contributed by atoms with Crippen LogP contribution in [0.1, 0.15) is 38.9 Å². The monoisotopic (exact) mass is 353 g/mol. The van der Waals surface area contributed by atoms with Gasteiger partial charge in [0.15, 0.2) is 0 Å². The molecule has 0 unspecified atom stereocenters. The average Bonchev–Trinajstić information content (AvgIpc) is 2.74. The average molecular weight is 354 g/mol. The van der Waals surface area contributed by atoms with Crippen molar-refractivity contribution in [2.45, 2.75) is 46.1 Å². The van der Waals surface area contributed by atoms with E-state index in [1.807, 2.05) is 10.6 Å². The highest BCUT2D eigenvalue weighted by Crippen LogP contribution is 2.30. The van der Waals surface area contributed by atoms with Crippen molar-refractivity contribution in [3.63, 3.8) is 0 Å². The zero-order chi connectivity index (χ0) is 15.4. The zero-order valence-electron chi connectivity index (χ0n) is 12.5. The van der Waals surface area contributed by atoms with Gasteiger partial charge in [-0.05, 0) is 31.0 Å². The van der Waals surface area contributed by atoms with Gasteiger partial charge in [-0.2, -0.15) is 0 Å². The molecular formula is C16H21BrFN3. The topological polar surface area (TPSA) is 43.8 Å². The predicted molar refractivity (Wildman–Crippen MR) is 88.6 cm³/mol. The van der Waals surface area contributed by atoms with Crippen LogP contribution in [0.5, 0.6) is 0 Å². The Kier molecular flexibility index (Phi) is 5.39. The molecule has 0 radical (unpaired) electrons. The van der Waals surface area contributed by atoms with Crippen LogP contribution < -0.4 is 5.73 Å². The van der Waals surface area contributed by atoms with Crippen LogP contribution in [0.2, 0.25) is 0 Å². The molecule has 0 fully saturated rings. The summed E-state index contributed by atoms with van der Waals surface area (Å²) in [5.74, 6) is 1.20. The number of anilines is 1. The van der Waals surface area contributed by atoms with Crippen molar-refractivity contribution in [3.8, 4) is 11.3 Å². The lowest BCUT2D eigenvalue weighted by molar-refractivity contribution is 0.604. The van der Waals surface area contributed by atoms with Crippen LogP contribution in [0, 0.1) is 5.82 Å². The van der Waals surface area contributed by atoms with E-state index < -0.39 is 0 Å². The quantitative estimate of drug-likeness (QED) is 0.811. The molecule has 21 heavy (non-hydrogen) atoms. The van der Waals surface area contributed by atoms with Gasteiger partial charge in [-0.3, -0.25) is 0 Å². The Balaban J connectivity index is 2.48. The number of nitrogens with zero attached hydrogens (tertiary/aromatic N) is 2. The van der Waals surface area contributed by atoms with Crippen molar-refractivity contribution < 1.29 is 4.39 Å². The van der Waals surface area contributed by atoms with Crippen LogP contribution in [0.3, 0.4) is 0 Å². The minimum Gasteiger partial charge on any atom is -0.383 e. The molecular weight excluding hydrogens is 333 g/mol. The molecule has 1 heterocycles. The highest BCUT2D eigenvalue weighted by molar-refractivity contribution is 9.10. The summed E-state index contributed by atoms with van der Waals surface area (Å²) >= 11 is 3.27. The third-order valence-electron chi connectivity index (χ3n) is 3.48. The fraction of sp³-hybridized carbons (Fsp3) is 0.438. The van der Waals surface area contributed by atoms with Crippen LogP contribution in [0.15, 0.2) is 22.7 Å². The molecule has 0 saturated carbocycles. The SMILES string of the molecule is CCCCn1c(CCC)nc(-c2ccc(Br)cc2F)c1N. The summed E-state index contributed by atoms with van der Waals surface area (Å²) in [6, 6.07) is 4.97. The van der Waals surface area contributed by atoms with Crippen molar-refractivity contribution in [2.75, 3.05) is 5.73 Å². The fourth-order valence-electron chi connectivity index (χ4n) is 2.37. The molecule has 0 spiro atoms. The van der Waals surface area contributed by atoms with Gasteiger partial charge in [0.1, 0.15) is 23.2 Å². The van der Waals surface area contributed by atoms with E-state index in [0.717, 1.165) is 38.1 Å². The Morgan fingerprint density at radius 3 is 2.67 bits per heavy atom. The van der Waals surface area contributed by atoms with Gasteiger partial charge in [0, 0.05) is 23.0 Å². The molecule has 0 saturated heterocycles. The van der Waals surface area contributed by atoms with E-state index in [-0.39, 0.29) is 5.82 Å². The summed E-state index contributed by atoms with van der Waals surface area (Å²) in [5.41, 5.74) is 7.25. The number of imidazole rings is 1. The van der Waals surface area contributed by atoms with Gasteiger partial charge in [0.25, 0.3) is 0 Å². The van der Waals surface area contributed by atoms with Gasteiger partial charge >= 0.3 is 0 Å². The maximum atomic E-state index is 14.2. The highest BCUT2D eigenvalue weighted by Gasteiger charge is 2.18. The standard InChI is InChI=1S/C16H21BrFN3/c1-3-5-9-21-14(6-4-2)20-15(16(21)19)12-8-7-11(17)10-13(12)18/h7-8,10H,3-6,9,19H2,1-2H3. The second kappa shape index (κ2) is 7.07. The fourth-order valence-corrected chi connectivity index (χ4v) is 2.71. The van der Waals surface area contributed by atoms with Crippen molar-refractivity contribution in [2.24, 2.45) is 0 Å². The number of hydrogen-bond acceptors (Lipinski definition) is 2. The van der Waals surface area contributed by atoms with Gasteiger partial charge in [-0.25, -0.2) is 9.37 Å². The summed E-state index contributed by atoms with van der Waals surface area (Å²) in [5, 5.41) is 0. The normalized spacial score (nSPS) is 11.0. The molecule has 3 nitrogen and oxygen atoms in total. The van der Waals surface area contributed by atoms with E-state index >= 15 is 0 Å². The molecule has 1 aromatic carbocycles. The maximum absolute atomic E-state index is 14.2. The largest absolute Gasteiger partial charge is 0.383 e. The molecule has 2 N–H and O–H groups in total. The minimum absolute atomic E-state index is 0.306. The smallest absolute Gasteiger partial charge is 0.133 e. The number of unbranched alkanes of at least 4 members (excludes halogenated alkanes) is 1. The Labute approximate surface area is 133 Å². The third-order valence-corrected chi connectivity index (χ3v) is 3.97. The number of aromatic nitrogens is 2. The van der Waals surface area contributed by atoms with Crippen molar-refractivity contribution in [1.29, 1.82) is 0 Å². The first-order chi connectivity index (χ1) is 10.1.